The first-order valence-corrected chi connectivity index (χ1v) is 6.82. The van der Waals surface area contributed by atoms with Crippen molar-refractivity contribution >= 4 is 10.0 Å². The Morgan fingerprint density at radius 1 is 1.38 bits per heavy atom. The van der Waals surface area contributed by atoms with E-state index in [-0.39, 0.29) is 0 Å². The number of nitrogens with one attached hydrogen (secondary N) is 2. The third kappa shape index (κ3) is 2.63. The van der Waals surface area contributed by atoms with Gasteiger partial charge in [0, 0.05) is 31.5 Å². The summed E-state index contributed by atoms with van der Waals surface area (Å²) < 4.78 is 25.6. The first kappa shape index (κ1) is 13.2. The Hall–Kier alpha value is -0.850. The summed E-state index contributed by atoms with van der Waals surface area (Å²) in [7, 11) is -1.51. The molecule has 0 saturated carbocycles. The lowest BCUT2D eigenvalue weighted by molar-refractivity contribution is 0.445. The molecule has 0 radical (unpaired) electrons. The smallest absolute Gasteiger partial charge is 0.244 e. The second kappa shape index (κ2) is 5.47. The minimum absolute atomic E-state index is 0.335. The topological polar surface area (TPSA) is 65.2 Å². The summed E-state index contributed by atoms with van der Waals surface area (Å²) in [5.41, 5.74) is 0.869. The third-order valence-corrected chi connectivity index (χ3v) is 4.45. The highest BCUT2D eigenvalue weighted by Gasteiger charge is 2.22. The molecule has 1 aromatic heterocycles. The van der Waals surface area contributed by atoms with E-state index in [4.69, 9.17) is 0 Å². The molecular formula is C10H19N3O2S. The summed E-state index contributed by atoms with van der Waals surface area (Å²) >= 11 is 0. The second-order valence-corrected chi connectivity index (χ2v) is 5.42. The zero-order chi connectivity index (χ0) is 12.2. The molecule has 0 unspecified atom stereocenters. The number of hydrogen-bond acceptors (Lipinski definition) is 3. The van der Waals surface area contributed by atoms with Crippen LogP contribution < -0.4 is 5.32 Å². The van der Waals surface area contributed by atoms with Crippen LogP contribution in [0.2, 0.25) is 0 Å². The van der Waals surface area contributed by atoms with E-state index in [2.05, 4.69) is 10.3 Å². The first-order valence-electron chi connectivity index (χ1n) is 5.38. The lowest BCUT2D eigenvalue weighted by Gasteiger charge is -2.16. The van der Waals surface area contributed by atoms with Gasteiger partial charge >= 0.3 is 0 Å². The van der Waals surface area contributed by atoms with E-state index in [9.17, 15) is 8.42 Å². The summed E-state index contributed by atoms with van der Waals surface area (Å²) in [6, 6.07) is 1.67. The molecule has 0 fully saturated rings. The number of rotatable bonds is 6. The number of nitrogens with zero attached hydrogens (tertiary/aromatic N) is 1. The quantitative estimate of drug-likeness (QED) is 0.778. The van der Waals surface area contributed by atoms with Crippen LogP contribution in [0.4, 0.5) is 0 Å². The van der Waals surface area contributed by atoms with E-state index in [0.29, 0.717) is 24.5 Å². The van der Waals surface area contributed by atoms with Crippen molar-refractivity contribution in [2.24, 2.45) is 0 Å². The number of aromatic nitrogens is 1. The van der Waals surface area contributed by atoms with Gasteiger partial charge < -0.3 is 10.3 Å². The zero-order valence-corrected chi connectivity index (χ0v) is 10.8. The molecular weight excluding hydrogens is 226 g/mol. The third-order valence-electron chi connectivity index (χ3n) is 2.43. The molecule has 6 heteroatoms. The molecule has 0 bridgehead atoms. The van der Waals surface area contributed by atoms with Crippen molar-refractivity contribution in [1.29, 1.82) is 0 Å². The molecule has 1 rings (SSSR count). The van der Waals surface area contributed by atoms with Crippen molar-refractivity contribution in [1.82, 2.24) is 14.6 Å². The van der Waals surface area contributed by atoms with E-state index < -0.39 is 10.0 Å². The highest BCUT2D eigenvalue weighted by molar-refractivity contribution is 7.89. The molecule has 0 aliphatic carbocycles. The van der Waals surface area contributed by atoms with E-state index in [1.165, 1.54) is 4.31 Å². The van der Waals surface area contributed by atoms with Crippen LogP contribution >= 0.6 is 0 Å². The monoisotopic (exact) mass is 245 g/mol. The van der Waals surface area contributed by atoms with Gasteiger partial charge in [-0.05, 0) is 13.1 Å². The van der Waals surface area contributed by atoms with Crippen LogP contribution in [0.5, 0.6) is 0 Å². The Bertz CT molecular complexity index is 421. The number of hydrogen-bond donors (Lipinski definition) is 2. The number of H-pyrrole nitrogens is 1. The minimum atomic E-state index is -3.32. The van der Waals surface area contributed by atoms with Gasteiger partial charge in [-0.3, -0.25) is 0 Å². The van der Waals surface area contributed by atoms with Crippen molar-refractivity contribution in [2.75, 3.05) is 20.1 Å². The molecule has 92 valence electrons. The molecule has 0 amide bonds. The highest BCUT2D eigenvalue weighted by Crippen LogP contribution is 2.16. The average Bonchev–Trinajstić information content (AvgIpc) is 2.69. The van der Waals surface area contributed by atoms with Crippen molar-refractivity contribution in [2.45, 2.75) is 25.3 Å². The van der Waals surface area contributed by atoms with Gasteiger partial charge in [0.15, 0.2) is 0 Å². The maximum Gasteiger partial charge on any atom is 0.244 e. The van der Waals surface area contributed by atoms with Gasteiger partial charge in [0.25, 0.3) is 0 Å². The molecule has 0 aliphatic heterocycles. The summed E-state index contributed by atoms with van der Waals surface area (Å²) in [5, 5.41) is 2.97. The Morgan fingerprint density at radius 3 is 2.50 bits per heavy atom. The SMILES string of the molecule is CCN(CC)S(=O)(=O)c1c[nH]c(CNC)c1. The van der Waals surface area contributed by atoms with Gasteiger partial charge in [-0.2, -0.15) is 4.31 Å². The molecule has 0 aromatic carbocycles. The van der Waals surface area contributed by atoms with Crippen LogP contribution in [0, 0.1) is 0 Å². The van der Waals surface area contributed by atoms with Crippen LogP contribution in [0.1, 0.15) is 19.5 Å². The van der Waals surface area contributed by atoms with Crippen molar-refractivity contribution in [3.63, 3.8) is 0 Å². The largest absolute Gasteiger partial charge is 0.363 e. The fraction of sp³-hybridized carbons (Fsp3) is 0.600. The number of aromatic amines is 1. The summed E-state index contributed by atoms with van der Waals surface area (Å²) in [6.07, 6.45) is 1.54. The van der Waals surface area contributed by atoms with Gasteiger partial charge in [0.1, 0.15) is 0 Å². The lowest BCUT2D eigenvalue weighted by atomic mass is 10.4. The maximum atomic E-state index is 12.1. The minimum Gasteiger partial charge on any atom is -0.363 e. The second-order valence-electron chi connectivity index (χ2n) is 3.48. The molecule has 0 saturated heterocycles. The van der Waals surface area contributed by atoms with Crippen LogP contribution in [-0.4, -0.2) is 37.8 Å². The molecule has 16 heavy (non-hydrogen) atoms. The van der Waals surface area contributed by atoms with Gasteiger partial charge in [0.2, 0.25) is 10.0 Å². The van der Waals surface area contributed by atoms with Gasteiger partial charge in [-0.15, -0.1) is 0 Å². The fourth-order valence-corrected chi connectivity index (χ4v) is 3.05. The highest BCUT2D eigenvalue weighted by atomic mass is 32.2. The van der Waals surface area contributed by atoms with Crippen molar-refractivity contribution < 1.29 is 8.42 Å². The van der Waals surface area contributed by atoms with Gasteiger partial charge in [-0.1, -0.05) is 13.8 Å². The molecule has 0 atom stereocenters. The molecule has 0 aliphatic rings. The Morgan fingerprint density at radius 2 is 2.00 bits per heavy atom. The van der Waals surface area contributed by atoms with E-state index >= 15 is 0 Å². The Kier molecular flexibility index (Phi) is 4.52. The molecule has 5 nitrogen and oxygen atoms in total. The van der Waals surface area contributed by atoms with Gasteiger partial charge in [-0.25, -0.2) is 8.42 Å². The predicted molar refractivity (Wildman–Crippen MR) is 63.7 cm³/mol. The standard InChI is InChI=1S/C10H19N3O2S/c1-4-13(5-2)16(14,15)10-6-9(7-11-3)12-8-10/h6,8,11-12H,4-5,7H2,1-3H3. The van der Waals surface area contributed by atoms with E-state index in [1.807, 2.05) is 20.9 Å². The average molecular weight is 245 g/mol. The van der Waals surface area contributed by atoms with Crippen LogP contribution in [0.3, 0.4) is 0 Å². The molecule has 2 N–H and O–H groups in total. The fourth-order valence-electron chi connectivity index (χ4n) is 1.57. The number of sulfonamides is 1. The molecule has 1 aromatic rings. The predicted octanol–water partition coefficient (Wildman–Crippen LogP) is 0.765. The Balaban J connectivity index is 2.97. The summed E-state index contributed by atoms with van der Waals surface area (Å²) in [4.78, 5) is 3.28. The Labute approximate surface area is 96.9 Å². The normalized spacial score (nSPS) is 12.2. The van der Waals surface area contributed by atoms with Crippen LogP contribution in [-0.2, 0) is 16.6 Å². The van der Waals surface area contributed by atoms with Gasteiger partial charge in [0.05, 0.1) is 4.90 Å². The molecule has 0 spiro atoms. The first-order chi connectivity index (χ1) is 7.56. The van der Waals surface area contributed by atoms with E-state index in [0.717, 1.165) is 5.69 Å². The zero-order valence-electron chi connectivity index (χ0n) is 9.95. The summed E-state index contributed by atoms with van der Waals surface area (Å²) in [6.45, 7) is 5.29. The lowest BCUT2D eigenvalue weighted by Crippen LogP contribution is -2.30. The van der Waals surface area contributed by atoms with E-state index in [1.54, 1.807) is 12.3 Å². The van der Waals surface area contributed by atoms with Crippen LogP contribution in [0.15, 0.2) is 17.2 Å². The van der Waals surface area contributed by atoms with Crippen molar-refractivity contribution in [3.05, 3.63) is 18.0 Å². The van der Waals surface area contributed by atoms with Crippen LogP contribution in [0.25, 0.3) is 0 Å². The maximum absolute atomic E-state index is 12.1. The summed E-state index contributed by atoms with van der Waals surface area (Å²) in [5.74, 6) is 0. The molecule has 1 heterocycles. The van der Waals surface area contributed by atoms with Crippen molar-refractivity contribution in [3.8, 4) is 0 Å².